The lowest BCUT2D eigenvalue weighted by molar-refractivity contribution is -0.142. The van der Waals surface area contributed by atoms with E-state index in [1.54, 1.807) is 32.0 Å². The van der Waals surface area contributed by atoms with Crippen molar-refractivity contribution in [1.29, 1.82) is 0 Å². The van der Waals surface area contributed by atoms with E-state index >= 15 is 0 Å². The Morgan fingerprint density at radius 2 is 2.00 bits per heavy atom. The Hall–Kier alpha value is -1.56. The molecule has 104 valence electrons. The second-order valence-corrected chi connectivity index (χ2v) is 5.36. The number of benzene rings is 1. The summed E-state index contributed by atoms with van der Waals surface area (Å²) in [7, 11) is 0. The van der Waals surface area contributed by atoms with Crippen LogP contribution in [-0.2, 0) is 9.59 Å². The predicted molar refractivity (Wildman–Crippen MR) is 71.5 cm³/mol. The first-order valence-corrected chi connectivity index (χ1v) is 6.80. The fourth-order valence-electron chi connectivity index (χ4n) is 1.43. The normalized spacial score (nSPS) is 12.2. The first-order valence-electron chi connectivity index (χ1n) is 5.81. The summed E-state index contributed by atoms with van der Waals surface area (Å²) in [6.45, 7) is 3.42. The maximum Gasteiger partial charge on any atom is 0.326 e. The Morgan fingerprint density at radius 1 is 1.37 bits per heavy atom. The molecule has 0 aliphatic carbocycles. The minimum Gasteiger partial charge on any atom is -0.480 e. The third kappa shape index (κ3) is 4.90. The third-order valence-corrected chi connectivity index (χ3v) is 3.49. The van der Waals surface area contributed by atoms with Crippen molar-refractivity contribution in [3.63, 3.8) is 0 Å². The number of carboxylic acids is 1. The van der Waals surface area contributed by atoms with E-state index in [9.17, 15) is 14.0 Å². The zero-order chi connectivity index (χ0) is 14.4. The highest BCUT2D eigenvalue weighted by Crippen LogP contribution is 2.20. The number of amides is 1. The molecular formula is C13H16FNO3S. The van der Waals surface area contributed by atoms with Gasteiger partial charge in [0.1, 0.15) is 11.9 Å². The summed E-state index contributed by atoms with van der Waals surface area (Å²) in [4.78, 5) is 22.9. The predicted octanol–water partition coefficient (Wildman–Crippen LogP) is 2.14. The van der Waals surface area contributed by atoms with Crippen LogP contribution in [0.3, 0.4) is 0 Å². The Labute approximate surface area is 115 Å². The molecule has 0 aromatic heterocycles. The highest BCUT2D eigenvalue weighted by atomic mass is 32.2. The number of carbonyl (C=O) groups excluding carboxylic acids is 1. The summed E-state index contributed by atoms with van der Waals surface area (Å²) in [5, 5.41) is 11.4. The van der Waals surface area contributed by atoms with E-state index < -0.39 is 17.9 Å². The largest absolute Gasteiger partial charge is 0.480 e. The molecular weight excluding hydrogens is 269 g/mol. The first-order chi connectivity index (χ1) is 8.91. The summed E-state index contributed by atoms with van der Waals surface area (Å²) >= 11 is 1.04. The van der Waals surface area contributed by atoms with Crippen LogP contribution in [-0.4, -0.2) is 28.8 Å². The van der Waals surface area contributed by atoms with Crippen molar-refractivity contribution in [3.8, 4) is 0 Å². The molecule has 0 aliphatic rings. The summed E-state index contributed by atoms with van der Waals surface area (Å²) in [5.41, 5.74) is 0. The van der Waals surface area contributed by atoms with E-state index in [0.29, 0.717) is 4.90 Å². The molecule has 1 aromatic rings. The van der Waals surface area contributed by atoms with Gasteiger partial charge in [0.05, 0.1) is 5.75 Å². The number of nitrogens with one attached hydrogen (secondary N) is 1. The number of rotatable bonds is 6. The highest BCUT2D eigenvalue weighted by molar-refractivity contribution is 8.00. The minimum atomic E-state index is -1.07. The van der Waals surface area contributed by atoms with Gasteiger partial charge in [-0.15, -0.1) is 11.8 Å². The average Bonchev–Trinajstić information content (AvgIpc) is 2.34. The number of hydrogen-bond donors (Lipinski definition) is 2. The SMILES string of the molecule is CC(C)C(NC(=O)CSc1ccccc1F)C(=O)O. The van der Waals surface area contributed by atoms with E-state index in [2.05, 4.69) is 5.32 Å². The van der Waals surface area contributed by atoms with Gasteiger partial charge < -0.3 is 10.4 Å². The molecule has 0 bridgehead atoms. The number of carbonyl (C=O) groups is 2. The molecule has 1 amide bonds. The Kier molecular flexibility index (Phi) is 5.82. The van der Waals surface area contributed by atoms with E-state index in [4.69, 9.17) is 5.11 Å². The van der Waals surface area contributed by atoms with Gasteiger partial charge in [0, 0.05) is 4.90 Å². The smallest absolute Gasteiger partial charge is 0.326 e. The van der Waals surface area contributed by atoms with Crippen molar-refractivity contribution >= 4 is 23.6 Å². The lowest BCUT2D eigenvalue weighted by Gasteiger charge is -2.17. The van der Waals surface area contributed by atoms with Gasteiger partial charge in [-0.3, -0.25) is 4.79 Å². The van der Waals surface area contributed by atoms with Gasteiger partial charge in [0.25, 0.3) is 0 Å². The fourth-order valence-corrected chi connectivity index (χ4v) is 2.18. The number of thioether (sulfide) groups is 1. The monoisotopic (exact) mass is 285 g/mol. The van der Waals surface area contributed by atoms with Crippen LogP contribution in [0.2, 0.25) is 0 Å². The fraction of sp³-hybridized carbons (Fsp3) is 0.385. The highest BCUT2D eigenvalue weighted by Gasteiger charge is 2.23. The minimum absolute atomic E-state index is 0.0164. The molecule has 0 spiro atoms. The van der Waals surface area contributed by atoms with Gasteiger partial charge in [-0.25, -0.2) is 9.18 Å². The standard InChI is InChI=1S/C13H16FNO3S/c1-8(2)12(13(17)18)15-11(16)7-19-10-6-4-3-5-9(10)14/h3-6,8,12H,7H2,1-2H3,(H,15,16)(H,17,18). The Balaban J connectivity index is 2.52. The quantitative estimate of drug-likeness (QED) is 0.786. The molecule has 6 heteroatoms. The Morgan fingerprint density at radius 3 is 2.53 bits per heavy atom. The number of carboxylic acid groups (broad SMARTS) is 1. The average molecular weight is 285 g/mol. The Bertz CT molecular complexity index is 465. The molecule has 0 saturated heterocycles. The number of aliphatic carboxylic acids is 1. The van der Waals surface area contributed by atoms with Crippen LogP contribution in [0.25, 0.3) is 0 Å². The van der Waals surface area contributed by atoms with Crippen LogP contribution >= 0.6 is 11.8 Å². The second kappa shape index (κ2) is 7.13. The van der Waals surface area contributed by atoms with E-state index in [-0.39, 0.29) is 17.5 Å². The van der Waals surface area contributed by atoms with Crippen LogP contribution in [0.4, 0.5) is 4.39 Å². The molecule has 4 nitrogen and oxygen atoms in total. The van der Waals surface area contributed by atoms with Crippen LogP contribution in [0.5, 0.6) is 0 Å². The van der Waals surface area contributed by atoms with Crippen LogP contribution in [0.15, 0.2) is 29.2 Å². The van der Waals surface area contributed by atoms with Gasteiger partial charge >= 0.3 is 5.97 Å². The summed E-state index contributed by atoms with van der Waals surface area (Å²) in [5.74, 6) is -2.11. The van der Waals surface area contributed by atoms with Crippen molar-refractivity contribution in [1.82, 2.24) is 5.32 Å². The molecule has 1 aromatic carbocycles. The molecule has 1 atom stereocenters. The van der Waals surface area contributed by atoms with Crippen molar-refractivity contribution in [2.24, 2.45) is 5.92 Å². The van der Waals surface area contributed by atoms with Gasteiger partial charge in [-0.2, -0.15) is 0 Å². The summed E-state index contributed by atoms with van der Waals surface area (Å²) < 4.78 is 13.3. The van der Waals surface area contributed by atoms with E-state index in [1.165, 1.54) is 6.07 Å². The van der Waals surface area contributed by atoms with Gasteiger partial charge in [-0.05, 0) is 18.1 Å². The lowest BCUT2D eigenvalue weighted by Crippen LogP contribution is -2.45. The first kappa shape index (κ1) is 15.5. The molecule has 19 heavy (non-hydrogen) atoms. The third-order valence-electron chi connectivity index (χ3n) is 2.44. The molecule has 0 heterocycles. The summed E-state index contributed by atoms with van der Waals surface area (Å²) in [6, 6.07) is 5.21. The molecule has 1 rings (SSSR count). The maximum atomic E-state index is 13.3. The van der Waals surface area contributed by atoms with Crippen LogP contribution in [0, 0.1) is 11.7 Å². The number of halogens is 1. The zero-order valence-electron chi connectivity index (χ0n) is 10.7. The van der Waals surface area contributed by atoms with Crippen LogP contribution < -0.4 is 5.32 Å². The van der Waals surface area contributed by atoms with E-state index in [1.807, 2.05) is 0 Å². The van der Waals surface area contributed by atoms with Crippen molar-refractivity contribution in [2.45, 2.75) is 24.8 Å². The van der Waals surface area contributed by atoms with Gasteiger partial charge in [0.15, 0.2) is 0 Å². The molecule has 0 fully saturated rings. The summed E-state index contributed by atoms with van der Waals surface area (Å²) in [6.07, 6.45) is 0. The van der Waals surface area contributed by atoms with Crippen LogP contribution in [0.1, 0.15) is 13.8 Å². The topological polar surface area (TPSA) is 66.4 Å². The van der Waals surface area contributed by atoms with Crippen molar-refractivity contribution < 1.29 is 19.1 Å². The second-order valence-electron chi connectivity index (χ2n) is 4.35. The molecule has 2 N–H and O–H groups in total. The number of hydrogen-bond acceptors (Lipinski definition) is 3. The maximum absolute atomic E-state index is 13.3. The van der Waals surface area contributed by atoms with Crippen molar-refractivity contribution in [2.75, 3.05) is 5.75 Å². The van der Waals surface area contributed by atoms with Crippen molar-refractivity contribution in [3.05, 3.63) is 30.1 Å². The molecule has 0 saturated carbocycles. The molecule has 0 aliphatic heterocycles. The molecule has 1 unspecified atom stereocenters. The molecule has 0 radical (unpaired) electrons. The van der Waals surface area contributed by atoms with Gasteiger partial charge in [-0.1, -0.05) is 26.0 Å². The van der Waals surface area contributed by atoms with E-state index in [0.717, 1.165) is 11.8 Å². The van der Waals surface area contributed by atoms with Gasteiger partial charge in [0.2, 0.25) is 5.91 Å². The lowest BCUT2D eigenvalue weighted by atomic mass is 10.1. The zero-order valence-corrected chi connectivity index (χ0v) is 11.5.